The van der Waals surface area contributed by atoms with Crippen LogP contribution in [-0.4, -0.2) is 42.5 Å². The second-order valence-corrected chi connectivity index (χ2v) is 6.26. The zero-order valence-electron chi connectivity index (χ0n) is 10.4. The van der Waals surface area contributed by atoms with Crippen LogP contribution < -0.4 is 5.73 Å². The first-order valence-electron chi connectivity index (χ1n) is 5.50. The van der Waals surface area contributed by atoms with Gasteiger partial charge in [-0.1, -0.05) is 6.07 Å². The summed E-state index contributed by atoms with van der Waals surface area (Å²) in [6.07, 6.45) is -8.90. The summed E-state index contributed by atoms with van der Waals surface area (Å²) in [5.74, 6) is -2.49. The number of amides is 1. The van der Waals surface area contributed by atoms with Gasteiger partial charge >= 0.3 is 6.18 Å². The third-order valence-corrected chi connectivity index (χ3v) is 4.32. The van der Waals surface area contributed by atoms with E-state index >= 15 is 0 Å². The predicted molar refractivity (Wildman–Crippen MR) is 64.7 cm³/mol. The molecule has 0 spiro atoms. The molecule has 4 N–H and O–H groups in total. The van der Waals surface area contributed by atoms with Crippen LogP contribution in [0.5, 0.6) is 0 Å². The fourth-order valence-corrected chi connectivity index (χ4v) is 2.88. The van der Waals surface area contributed by atoms with Crippen LogP contribution in [0.2, 0.25) is 0 Å². The SMILES string of the molecule is NC(=O)C(O)C(O)CS(=O)(=O)c1cccc(C(F)(F)F)c1. The summed E-state index contributed by atoms with van der Waals surface area (Å²) in [6.45, 7) is 0. The first kappa shape index (κ1) is 17.4. The number of rotatable bonds is 5. The van der Waals surface area contributed by atoms with Crippen molar-refractivity contribution in [2.75, 3.05) is 5.75 Å². The maximum atomic E-state index is 12.5. The molecule has 0 bridgehead atoms. The Morgan fingerprint density at radius 2 is 1.86 bits per heavy atom. The standard InChI is InChI=1S/C11H12F3NO5S/c12-11(13,14)6-2-1-3-7(4-6)21(19,20)5-8(16)9(17)10(15)18/h1-4,8-9,16-17H,5H2,(H2,15,18). The lowest BCUT2D eigenvalue weighted by molar-refractivity contribution is -0.137. The van der Waals surface area contributed by atoms with Crippen molar-refractivity contribution in [2.24, 2.45) is 5.73 Å². The number of primary amides is 1. The van der Waals surface area contributed by atoms with Crippen LogP contribution in [0.4, 0.5) is 13.2 Å². The summed E-state index contributed by atoms with van der Waals surface area (Å²) in [7, 11) is -4.34. The van der Waals surface area contributed by atoms with Gasteiger partial charge in [0.2, 0.25) is 5.91 Å². The zero-order valence-corrected chi connectivity index (χ0v) is 11.2. The van der Waals surface area contributed by atoms with Gasteiger partial charge in [-0.15, -0.1) is 0 Å². The average molecular weight is 327 g/mol. The van der Waals surface area contributed by atoms with Crippen molar-refractivity contribution in [3.05, 3.63) is 29.8 Å². The fraction of sp³-hybridized carbons (Fsp3) is 0.364. The molecule has 0 aliphatic carbocycles. The van der Waals surface area contributed by atoms with Crippen molar-refractivity contribution in [2.45, 2.75) is 23.3 Å². The highest BCUT2D eigenvalue weighted by Crippen LogP contribution is 2.30. The second kappa shape index (κ2) is 6.00. The highest BCUT2D eigenvalue weighted by Gasteiger charge is 2.33. The van der Waals surface area contributed by atoms with Crippen LogP contribution in [-0.2, 0) is 20.8 Å². The first-order valence-corrected chi connectivity index (χ1v) is 7.16. The average Bonchev–Trinajstić information content (AvgIpc) is 2.36. The van der Waals surface area contributed by atoms with E-state index in [9.17, 15) is 31.5 Å². The molecule has 1 aromatic carbocycles. The number of hydrogen-bond donors (Lipinski definition) is 3. The number of halogens is 3. The lowest BCUT2D eigenvalue weighted by atomic mass is 10.2. The van der Waals surface area contributed by atoms with Gasteiger partial charge < -0.3 is 15.9 Å². The third kappa shape index (κ3) is 4.41. The van der Waals surface area contributed by atoms with Crippen molar-refractivity contribution in [1.29, 1.82) is 0 Å². The Bertz CT molecular complexity index is 629. The van der Waals surface area contributed by atoms with Crippen molar-refractivity contribution >= 4 is 15.7 Å². The number of hydrogen-bond acceptors (Lipinski definition) is 5. The molecule has 0 saturated carbocycles. The molecule has 0 saturated heterocycles. The lowest BCUT2D eigenvalue weighted by Gasteiger charge is -2.15. The molecule has 0 radical (unpaired) electrons. The molecule has 0 aliphatic rings. The van der Waals surface area contributed by atoms with E-state index in [0.717, 1.165) is 12.1 Å². The molecule has 118 valence electrons. The molecule has 10 heteroatoms. The largest absolute Gasteiger partial charge is 0.416 e. The Hall–Kier alpha value is -1.65. The summed E-state index contributed by atoms with van der Waals surface area (Å²) >= 11 is 0. The molecule has 0 aliphatic heterocycles. The maximum Gasteiger partial charge on any atom is 0.416 e. The molecule has 2 unspecified atom stereocenters. The minimum atomic E-state index is -4.73. The molecule has 0 heterocycles. The van der Waals surface area contributed by atoms with Crippen LogP contribution in [0.3, 0.4) is 0 Å². The minimum Gasteiger partial charge on any atom is -0.389 e. The minimum absolute atomic E-state index is 0.401. The number of aliphatic hydroxyl groups is 2. The molecule has 1 rings (SSSR count). The van der Waals surface area contributed by atoms with Crippen LogP contribution >= 0.6 is 0 Å². The number of carbonyl (C=O) groups is 1. The van der Waals surface area contributed by atoms with Crippen molar-refractivity contribution < 1.29 is 36.6 Å². The van der Waals surface area contributed by atoms with E-state index in [1.54, 1.807) is 0 Å². The van der Waals surface area contributed by atoms with Crippen molar-refractivity contribution in [3.8, 4) is 0 Å². The first-order chi connectivity index (χ1) is 9.45. The molecule has 1 aromatic rings. The van der Waals surface area contributed by atoms with Gasteiger partial charge in [-0.3, -0.25) is 4.79 Å². The van der Waals surface area contributed by atoms with E-state index in [0.29, 0.717) is 12.1 Å². The van der Waals surface area contributed by atoms with Crippen LogP contribution in [0.15, 0.2) is 29.2 Å². The Morgan fingerprint density at radius 3 is 2.33 bits per heavy atom. The lowest BCUT2D eigenvalue weighted by Crippen LogP contribution is -2.42. The normalized spacial score (nSPS) is 15.5. The maximum absolute atomic E-state index is 12.5. The molecular formula is C11H12F3NO5S. The number of alkyl halides is 3. The number of aliphatic hydroxyl groups excluding tert-OH is 2. The zero-order chi connectivity index (χ0) is 16.4. The Balaban J connectivity index is 3.07. The topological polar surface area (TPSA) is 118 Å². The van der Waals surface area contributed by atoms with E-state index in [1.807, 2.05) is 0 Å². The highest BCUT2D eigenvalue weighted by molar-refractivity contribution is 7.91. The van der Waals surface area contributed by atoms with Gasteiger partial charge in [0.25, 0.3) is 0 Å². The van der Waals surface area contributed by atoms with Gasteiger partial charge in [-0.25, -0.2) is 8.42 Å². The molecule has 6 nitrogen and oxygen atoms in total. The van der Waals surface area contributed by atoms with Gasteiger partial charge in [-0.05, 0) is 18.2 Å². The molecule has 2 atom stereocenters. The van der Waals surface area contributed by atoms with Crippen molar-refractivity contribution in [3.63, 3.8) is 0 Å². The van der Waals surface area contributed by atoms with Gasteiger partial charge in [-0.2, -0.15) is 13.2 Å². The Labute approximate surface area is 117 Å². The monoisotopic (exact) mass is 327 g/mol. The third-order valence-electron chi connectivity index (χ3n) is 2.57. The molecule has 0 aromatic heterocycles. The van der Waals surface area contributed by atoms with E-state index in [2.05, 4.69) is 5.73 Å². The number of nitrogens with two attached hydrogens (primary N) is 1. The number of sulfone groups is 1. The second-order valence-electron chi connectivity index (χ2n) is 4.22. The van der Waals surface area contributed by atoms with Gasteiger partial charge in [0.05, 0.1) is 16.2 Å². The van der Waals surface area contributed by atoms with Crippen LogP contribution in [0.1, 0.15) is 5.56 Å². The Morgan fingerprint density at radius 1 is 1.29 bits per heavy atom. The van der Waals surface area contributed by atoms with E-state index in [4.69, 9.17) is 5.11 Å². The van der Waals surface area contributed by atoms with E-state index in [1.165, 1.54) is 0 Å². The van der Waals surface area contributed by atoms with Gasteiger partial charge in [0.1, 0.15) is 6.10 Å². The van der Waals surface area contributed by atoms with E-state index in [-0.39, 0.29) is 0 Å². The molecular weight excluding hydrogens is 315 g/mol. The number of carbonyl (C=O) groups excluding carboxylic acids is 1. The fourth-order valence-electron chi connectivity index (χ4n) is 1.47. The summed E-state index contributed by atoms with van der Waals surface area (Å²) < 4.78 is 61.2. The van der Waals surface area contributed by atoms with Gasteiger partial charge in [0, 0.05) is 0 Å². The molecule has 1 amide bonds. The summed E-state index contributed by atoms with van der Waals surface area (Å²) in [4.78, 5) is 9.93. The quantitative estimate of drug-likeness (QED) is 0.685. The number of benzene rings is 1. The summed E-state index contributed by atoms with van der Waals surface area (Å²) in [5.41, 5.74) is 3.51. The summed E-state index contributed by atoms with van der Waals surface area (Å²) in [6, 6.07) is 2.90. The van der Waals surface area contributed by atoms with Gasteiger partial charge in [0.15, 0.2) is 15.9 Å². The smallest absolute Gasteiger partial charge is 0.389 e. The van der Waals surface area contributed by atoms with E-state index < -0.39 is 50.3 Å². The van der Waals surface area contributed by atoms with Crippen molar-refractivity contribution in [1.82, 2.24) is 0 Å². The molecule has 21 heavy (non-hydrogen) atoms. The van der Waals surface area contributed by atoms with Crippen LogP contribution in [0, 0.1) is 0 Å². The van der Waals surface area contributed by atoms with Crippen LogP contribution in [0.25, 0.3) is 0 Å². The molecule has 0 fully saturated rings. The highest BCUT2D eigenvalue weighted by atomic mass is 32.2. The Kier molecular flexibility index (Phi) is 4.97. The predicted octanol–water partition coefficient (Wildman–Crippen LogP) is -0.314. The summed E-state index contributed by atoms with van der Waals surface area (Å²) in [5, 5.41) is 18.5.